The highest BCUT2D eigenvalue weighted by atomic mass is 14.3. The second-order valence-corrected chi connectivity index (χ2v) is 1.74. The third kappa shape index (κ3) is 6.82. The van der Waals surface area contributed by atoms with Crippen molar-refractivity contribution in [2.75, 3.05) is 0 Å². The van der Waals surface area contributed by atoms with Crippen molar-refractivity contribution in [1.82, 2.24) is 0 Å². The number of nitrogens with one attached hydrogen (secondary N) is 2. The first-order valence-corrected chi connectivity index (χ1v) is 3.21. The van der Waals surface area contributed by atoms with Gasteiger partial charge in [0.1, 0.15) is 0 Å². The van der Waals surface area contributed by atoms with Gasteiger partial charge in [0.05, 0.1) is 0 Å². The average molecular weight is 136 g/mol. The highest BCUT2D eigenvalue weighted by molar-refractivity contribution is 5.56. The Morgan fingerprint density at radius 1 is 0.800 bits per heavy atom. The van der Waals surface area contributed by atoms with E-state index in [1.165, 1.54) is 12.4 Å². The van der Waals surface area contributed by atoms with Gasteiger partial charge in [-0.05, 0) is 12.4 Å². The lowest BCUT2D eigenvalue weighted by molar-refractivity contribution is 1.42. The van der Waals surface area contributed by atoms with E-state index in [0.717, 1.165) is 0 Å². The maximum atomic E-state index is 6.68. The summed E-state index contributed by atoms with van der Waals surface area (Å²) in [5.74, 6) is 0. The SMILES string of the molecule is N=CC/C=C\C=C/CC=N. The van der Waals surface area contributed by atoms with Crippen LogP contribution in [0.3, 0.4) is 0 Å². The Labute approximate surface area is 61.3 Å². The van der Waals surface area contributed by atoms with Crippen LogP contribution in [0.5, 0.6) is 0 Å². The quantitative estimate of drug-likeness (QED) is 0.430. The minimum atomic E-state index is 0.689. The zero-order valence-corrected chi connectivity index (χ0v) is 5.88. The van der Waals surface area contributed by atoms with E-state index in [0.29, 0.717) is 12.8 Å². The van der Waals surface area contributed by atoms with Gasteiger partial charge in [-0.15, -0.1) is 0 Å². The van der Waals surface area contributed by atoms with E-state index in [2.05, 4.69) is 0 Å². The molecule has 0 spiro atoms. The van der Waals surface area contributed by atoms with Gasteiger partial charge in [-0.3, -0.25) is 0 Å². The molecule has 2 nitrogen and oxygen atoms in total. The molecule has 2 N–H and O–H groups in total. The van der Waals surface area contributed by atoms with E-state index in [9.17, 15) is 0 Å². The molecule has 54 valence electrons. The second-order valence-electron chi connectivity index (χ2n) is 1.74. The van der Waals surface area contributed by atoms with Crippen molar-refractivity contribution in [2.24, 2.45) is 0 Å². The molecule has 10 heavy (non-hydrogen) atoms. The molecule has 0 heterocycles. The van der Waals surface area contributed by atoms with Crippen LogP contribution in [0.15, 0.2) is 24.3 Å². The van der Waals surface area contributed by atoms with Crippen molar-refractivity contribution < 1.29 is 0 Å². The molecule has 0 saturated heterocycles. The van der Waals surface area contributed by atoms with Crippen molar-refractivity contribution >= 4 is 12.4 Å². The lowest BCUT2D eigenvalue weighted by Gasteiger charge is -1.76. The maximum absolute atomic E-state index is 6.68. The summed E-state index contributed by atoms with van der Waals surface area (Å²) >= 11 is 0. The van der Waals surface area contributed by atoms with Crippen molar-refractivity contribution in [3.63, 3.8) is 0 Å². The predicted molar refractivity (Wildman–Crippen MR) is 45.1 cm³/mol. The smallest absolute Gasteiger partial charge is 0.000294 e. The second kappa shape index (κ2) is 7.82. The third-order valence-corrected chi connectivity index (χ3v) is 0.891. The summed E-state index contributed by atoms with van der Waals surface area (Å²) in [6.07, 6.45) is 11.6. The van der Waals surface area contributed by atoms with Gasteiger partial charge in [0.2, 0.25) is 0 Å². The number of hydrogen-bond acceptors (Lipinski definition) is 2. The molecule has 0 aromatic heterocycles. The summed E-state index contributed by atoms with van der Waals surface area (Å²) in [5, 5.41) is 13.4. The molecular weight excluding hydrogens is 124 g/mol. The first kappa shape index (κ1) is 8.82. The highest BCUT2D eigenvalue weighted by Gasteiger charge is 1.67. The first-order valence-electron chi connectivity index (χ1n) is 3.21. The molecule has 0 aromatic rings. The van der Waals surface area contributed by atoms with Crippen molar-refractivity contribution in [3.05, 3.63) is 24.3 Å². The molecule has 0 amide bonds. The summed E-state index contributed by atoms with van der Waals surface area (Å²) in [6.45, 7) is 0. The summed E-state index contributed by atoms with van der Waals surface area (Å²) in [6, 6.07) is 0. The number of allylic oxidation sites excluding steroid dienone is 4. The minimum absolute atomic E-state index is 0.689. The van der Waals surface area contributed by atoms with Gasteiger partial charge in [0.25, 0.3) is 0 Å². The van der Waals surface area contributed by atoms with E-state index in [4.69, 9.17) is 10.8 Å². The van der Waals surface area contributed by atoms with E-state index < -0.39 is 0 Å². The van der Waals surface area contributed by atoms with E-state index in [-0.39, 0.29) is 0 Å². The molecule has 0 unspecified atom stereocenters. The van der Waals surface area contributed by atoms with Crippen LogP contribution in [0.2, 0.25) is 0 Å². The number of rotatable bonds is 5. The molecule has 0 aliphatic heterocycles. The predicted octanol–water partition coefficient (Wildman–Crippen LogP) is 2.18. The molecule has 0 bridgehead atoms. The molecule has 0 aliphatic carbocycles. The van der Waals surface area contributed by atoms with Crippen LogP contribution in [0.4, 0.5) is 0 Å². The summed E-state index contributed by atoms with van der Waals surface area (Å²) in [7, 11) is 0. The third-order valence-electron chi connectivity index (χ3n) is 0.891. The fourth-order valence-corrected chi connectivity index (χ4v) is 0.450. The lowest BCUT2D eigenvalue weighted by Crippen LogP contribution is -1.64. The van der Waals surface area contributed by atoms with Crippen molar-refractivity contribution in [2.45, 2.75) is 12.8 Å². The molecular formula is C8H12N2. The molecule has 0 fully saturated rings. The van der Waals surface area contributed by atoms with Crippen molar-refractivity contribution in [1.29, 1.82) is 10.8 Å². The Hall–Kier alpha value is -1.18. The Morgan fingerprint density at radius 2 is 1.20 bits per heavy atom. The number of hydrogen-bond donors (Lipinski definition) is 2. The van der Waals surface area contributed by atoms with Gasteiger partial charge in [-0.1, -0.05) is 24.3 Å². The molecule has 0 aliphatic rings. The fraction of sp³-hybridized carbons (Fsp3) is 0.250. The van der Waals surface area contributed by atoms with Crippen LogP contribution in [-0.2, 0) is 0 Å². The molecule has 2 heteroatoms. The monoisotopic (exact) mass is 136 g/mol. The van der Waals surface area contributed by atoms with Crippen LogP contribution in [0, 0.1) is 10.8 Å². The topological polar surface area (TPSA) is 47.7 Å². The molecule has 0 atom stereocenters. The van der Waals surface area contributed by atoms with Gasteiger partial charge in [-0.25, -0.2) is 0 Å². The van der Waals surface area contributed by atoms with Gasteiger partial charge >= 0.3 is 0 Å². The largest absolute Gasteiger partial charge is 0.313 e. The zero-order chi connectivity index (χ0) is 7.66. The van der Waals surface area contributed by atoms with Crippen LogP contribution in [-0.4, -0.2) is 12.4 Å². The van der Waals surface area contributed by atoms with Gasteiger partial charge in [0, 0.05) is 12.8 Å². The van der Waals surface area contributed by atoms with Crippen LogP contribution >= 0.6 is 0 Å². The molecule has 0 radical (unpaired) electrons. The zero-order valence-electron chi connectivity index (χ0n) is 5.88. The summed E-state index contributed by atoms with van der Waals surface area (Å²) in [4.78, 5) is 0. The lowest BCUT2D eigenvalue weighted by atomic mass is 10.3. The van der Waals surface area contributed by atoms with Crippen LogP contribution in [0.1, 0.15) is 12.8 Å². The van der Waals surface area contributed by atoms with Crippen LogP contribution in [0.25, 0.3) is 0 Å². The van der Waals surface area contributed by atoms with E-state index >= 15 is 0 Å². The Balaban J connectivity index is 3.31. The van der Waals surface area contributed by atoms with Gasteiger partial charge in [-0.2, -0.15) is 0 Å². The van der Waals surface area contributed by atoms with E-state index in [1.807, 2.05) is 24.3 Å². The first-order chi connectivity index (χ1) is 4.91. The van der Waals surface area contributed by atoms with Crippen LogP contribution < -0.4 is 0 Å². The molecule has 0 saturated carbocycles. The Kier molecular flexibility index (Phi) is 6.90. The normalized spacial score (nSPS) is 10.8. The van der Waals surface area contributed by atoms with Crippen molar-refractivity contribution in [3.8, 4) is 0 Å². The highest BCUT2D eigenvalue weighted by Crippen LogP contribution is 1.82. The maximum Gasteiger partial charge on any atom is 0.000294 e. The minimum Gasteiger partial charge on any atom is -0.313 e. The average Bonchev–Trinajstić information content (AvgIpc) is 1.97. The molecule has 0 aromatic carbocycles. The Bertz CT molecular complexity index is 127. The van der Waals surface area contributed by atoms with Gasteiger partial charge in [0.15, 0.2) is 0 Å². The van der Waals surface area contributed by atoms with Gasteiger partial charge < -0.3 is 10.8 Å². The summed E-state index contributed by atoms with van der Waals surface area (Å²) < 4.78 is 0. The standard InChI is InChI=1S/C8H12N2/c9-7-5-3-1-2-4-6-8-10/h1-4,7-10H,5-6H2/b3-1-,4-2-,9-7?,10-8?. The molecule has 0 rings (SSSR count). The Morgan fingerprint density at radius 3 is 1.50 bits per heavy atom. The summed E-state index contributed by atoms with van der Waals surface area (Å²) in [5.41, 5.74) is 0. The fourth-order valence-electron chi connectivity index (χ4n) is 0.450. The van der Waals surface area contributed by atoms with E-state index in [1.54, 1.807) is 0 Å².